The highest BCUT2D eigenvalue weighted by atomic mass is 16.5. The SMILES string of the molecule is CCCCCCCCCOc1ccc(C2NN=C3CCN(CCC)CC32)cc1OC. The summed E-state index contributed by atoms with van der Waals surface area (Å²) in [6, 6.07) is 6.61. The zero-order valence-corrected chi connectivity index (χ0v) is 19.3. The molecule has 168 valence electrons. The topological polar surface area (TPSA) is 46.1 Å². The number of nitrogens with zero attached hydrogens (tertiary/aromatic N) is 2. The number of hydrazone groups is 1. The molecular formula is C25H41N3O2. The Bertz CT molecular complexity index is 676. The van der Waals surface area contributed by atoms with Gasteiger partial charge in [-0.3, -0.25) is 0 Å². The summed E-state index contributed by atoms with van der Waals surface area (Å²) >= 11 is 0. The van der Waals surface area contributed by atoms with Gasteiger partial charge in [0.2, 0.25) is 0 Å². The van der Waals surface area contributed by atoms with Gasteiger partial charge in [0.25, 0.3) is 0 Å². The first kappa shape index (κ1) is 22.9. The maximum atomic E-state index is 6.05. The van der Waals surface area contributed by atoms with E-state index in [1.54, 1.807) is 7.11 Å². The Morgan fingerprint density at radius 3 is 2.60 bits per heavy atom. The van der Waals surface area contributed by atoms with Crippen molar-refractivity contribution in [2.45, 2.75) is 77.7 Å². The number of fused-ring (bicyclic) bond motifs is 1. The second kappa shape index (κ2) is 12.2. The van der Waals surface area contributed by atoms with Gasteiger partial charge in [0.1, 0.15) is 0 Å². The highest BCUT2D eigenvalue weighted by Gasteiger charge is 2.37. The maximum Gasteiger partial charge on any atom is 0.161 e. The van der Waals surface area contributed by atoms with Gasteiger partial charge >= 0.3 is 0 Å². The second-order valence-corrected chi connectivity index (χ2v) is 8.75. The van der Waals surface area contributed by atoms with Crippen LogP contribution in [0.15, 0.2) is 23.3 Å². The smallest absolute Gasteiger partial charge is 0.161 e. The van der Waals surface area contributed by atoms with E-state index < -0.39 is 0 Å². The molecule has 1 aromatic rings. The number of benzene rings is 1. The normalized spacial score (nSPS) is 21.1. The Morgan fingerprint density at radius 1 is 1.03 bits per heavy atom. The van der Waals surface area contributed by atoms with E-state index >= 15 is 0 Å². The van der Waals surface area contributed by atoms with Crippen molar-refractivity contribution in [1.82, 2.24) is 10.3 Å². The Morgan fingerprint density at radius 2 is 1.83 bits per heavy atom. The van der Waals surface area contributed by atoms with Crippen LogP contribution in [-0.2, 0) is 0 Å². The summed E-state index contributed by atoms with van der Waals surface area (Å²) in [6.07, 6.45) is 11.3. The van der Waals surface area contributed by atoms with E-state index in [4.69, 9.17) is 9.47 Å². The lowest BCUT2D eigenvalue weighted by Crippen LogP contribution is -2.42. The van der Waals surface area contributed by atoms with Gasteiger partial charge in [0.05, 0.1) is 19.8 Å². The summed E-state index contributed by atoms with van der Waals surface area (Å²) in [7, 11) is 1.73. The van der Waals surface area contributed by atoms with Crippen molar-refractivity contribution in [3.8, 4) is 11.5 Å². The van der Waals surface area contributed by atoms with Crippen molar-refractivity contribution < 1.29 is 9.47 Å². The van der Waals surface area contributed by atoms with Crippen LogP contribution >= 0.6 is 0 Å². The summed E-state index contributed by atoms with van der Waals surface area (Å²) in [5, 5.41) is 4.65. The van der Waals surface area contributed by atoms with E-state index in [9.17, 15) is 0 Å². The zero-order valence-electron chi connectivity index (χ0n) is 19.3. The molecule has 1 fully saturated rings. The van der Waals surface area contributed by atoms with Crippen LogP contribution in [-0.4, -0.2) is 44.0 Å². The van der Waals surface area contributed by atoms with Crippen LogP contribution < -0.4 is 14.9 Å². The molecule has 0 radical (unpaired) electrons. The van der Waals surface area contributed by atoms with Gasteiger partial charge in [-0.15, -0.1) is 0 Å². The molecule has 2 heterocycles. The van der Waals surface area contributed by atoms with Gasteiger partial charge in [0.15, 0.2) is 11.5 Å². The van der Waals surface area contributed by atoms with Gasteiger partial charge in [-0.25, -0.2) is 0 Å². The van der Waals surface area contributed by atoms with Crippen LogP contribution in [0.25, 0.3) is 0 Å². The predicted octanol–water partition coefficient (Wildman–Crippen LogP) is 5.56. The minimum Gasteiger partial charge on any atom is -0.493 e. The molecule has 0 aliphatic carbocycles. The standard InChI is InChI=1S/C25H41N3O2/c1-4-6-7-8-9-10-11-17-30-23-13-12-20(18-24(23)29-3)25-21-19-28(15-5-2)16-14-22(21)26-27-25/h12-13,18,21,25,27H,4-11,14-17,19H2,1-3H3. The molecular weight excluding hydrogens is 374 g/mol. The molecule has 30 heavy (non-hydrogen) atoms. The molecule has 2 aliphatic heterocycles. The Kier molecular flexibility index (Phi) is 9.31. The number of methoxy groups -OCH3 is 1. The monoisotopic (exact) mass is 415 g/mol. The van der Waals surface area contributed by atoms with Crippen molar-refractivity contribution in [3.63, 3.8) is 0 Å². The van der Waals surface area contributed by atoms with Crippen molar-refractivity contribution in [2.24, 2.45) is 11.0 Å². The first-order valence-corrected chi connectivity index (χ1v) is 12.1. The molecule has 2 unspecified atom stereocenters. The third-order valence-corrected chi connectivity index (χ3v) is 6.41. The average molecular weight is 416 g/mol. The Labute approximate surface area is 183 Å². The van der Waals surface area contributed by atoms with Crippen LogP contribution in [0.4, 0.5) is 0 Å². The third kappa shape index (κ3) is 6.13. The second-order valence-electron chi connectivity index (χ2n) is 8.75. The highest BCUT2D eigenvalue weighted by molar-refractivity contribution is 5.90. The van der Waals surface area contributed by atoms with Crippen molar-refractivity contribution in [1.29, 1.82) is 0 Å². The number of unbranched alkanes of at least 4 members (excludes halogenated alkanes) is 6. The maximum absolute atomic E-state index is 6.05. The fourth-order valence-corrected chi connectivity index (χ4v) is 4.68. The largest absolute Gasteiger partial charge is 0.493 e. The number of hydrogen-bond acceptors (Lipinski definition) is 5. The summed E-state index contributed by atoms with van der Waals surface area (Å²) < 4.78 is 11.7. The molecule has 0 spiro atoms. The first-order valence-electron chi connectivity index (χ1n) is 12.1. The quantitative estimate of drug-likeness (QED) is 0.429. The van der Waals surface area contributed by atoms with Crippen molar-refractivity contribution >= 4 is 5.71 Å². The van der Waals surface area contributed by atoms with Gasteiger partial charge in [0, 0.05) is 31.1 Å². The van der Waals surface area contributed by atoms with Gasteiger partial charge in [-0.2, -0.15) is 5.10 Å². The zero-order chi connectivity index (χ0) is 21.2. The lowest BCUT2D eigenvalue weighted by molar-refractivity contribution is 0.228. The van der Waals surface area contributed by atoms with Crippen LogP contribution in [0.2, 0.25) is 0 Å². The third-order valence-electron chi connectivity index (χ3n) is 6.41. The molecule has 5 heteroatoms. The molecule has 1 aromatic carbocycles. The number of likely N-dealkylation sites (tertiary alicyclic amines) is 1. The van der Waals surface area contributed by atoms with E-state index in [0.717, 1.165) is 44.0 Å². The first-order chi connectivity index (χ1) is 14.8. The molecule has 1 N–H and O–H groups in total. The van der Waals surface area contributed by atoms with Crippen LogP contribution in [0.5, 0.6) is 11.5 Å². The van der Waals surface area contributed by atoms with Crippen LogP contribution in [0.3, 0.4) is 0 Å². The molecule has 1 saturated heterocycles. The van der Waals surface area contributed by atoms with E-state index in [1.165, 1.54) is 62.8 Å². The molecule has 2 aliphatic rings. The average Bonchev–Trinajstić information content (AvgIpc) is 3.19. The summed E-state index contributed by atoms with van der Waals surface area (Å²) in [5.74, 6) is 2.13. The van der Waals surface area contributed by atoms with E-state index in [2.05, 4.69) is 47.5 Å². The fourth-order valence-electron chi connectivity index (χ4n) is 4.68. The minimum atomic E-state index is 0.228. The highest BCUT2D eigenvalue weighted by Crippen LogP contribution is 2.37. The van der Waals surface area contributed by atoms with Crippen LogP contribution in [0.1, 0.15) is 83.2 Å². The van der Waals surface area contributed by atoms with Crippen molar-refractivity contribution in [3.05, 3.63) is 23.8 Å². The number of rotatable bonds is 13. The lowest BCUT2D eigenvalue weighted by atomic mass is 9.86. The molecule has 0 bridgehead atoms. The summed E-state index contributed by atoms with van der Waals surface area (Å²) in [4.78, 5) is 2.57. The van der Waals surface area contributed by atoms with Crippen molar-refractivity contribution in [2.75, 3.05) is 33.4 Å². The summed E-state index contributed by atoms with van der Waals surface area (Å²) in [6.45, 7) is 8.66. The Balaban J connectivity index is 1.51. The van der Waals surface area contributed by atoms with Crippen LogP contribution in [0, 0.1) is 5.92 Å². The minimum absolute atomic E-state index is 0.228. The molecule has 2 atom stereocenters. The van der Waals surface area contributed by atoms with Gasteiger partial charge in [-0.05, 0) is 37.1 Å². The number of ether oxygens (including phenoxy) is 2. The number of hydrogen-bond donors (Lipinski definition) is 1. The molecule has 0 aromatic heterocycles. The molecule has 5 nitrogen and oxygen atoms in total. The fraction of sp³-hybridized carbons (Fsp3) is 0.720. The van der Waals surface area contributed by atoms with E-state index in [1.807, 2.05) is 0 Å². The molecule has 0 saturated carbocycles. The van der Waals surface area contributed by atoms with E-state index in [0.29, 0.717) is 5.92 Å². The van der Waals surface area contributed by atoms with E-state index in [-0.39, 0.29) is 6.04 Å². The summed E-state index contributed by atoms with van der Waals surface area (Å²) in [5.41, 5.74) is 5.95. The number of piperidine rings is 1. The van der Waals surface area contributed by atoms with Gasteiger partial charge in [-0.1, -0.05) is 58.4 Å². The number of nitrogens with one attached hydrogen (secondary N) is 1. The Hall–Kier alpha value is -1.75. The lowest BCUT2D eigenvalue weighted by Gasteiger charge is -2.33. The predicted molar refractivity (Wildman–Crippen MR) is 125 cm³/mol. The van der Waals surface area contributed by atoms with Gasteiger partial charge < -0.3 is 19.8 Å². The molecule has 3 rings (SSSR count). The molecule has 0 amide bonds.